The van der Waals surface area contributed by atoms with Crippen LogP contribution in [0.2, 0.25) is 0 Å². The average Bonchev–Trinajstić information content (AvgIpc) is 2.20. The van der Waals surface area contributed by atoms with Gasteiger partial charge in [0.15, 0.2) is 0 Å². The Kier molecular flexibility index (Phi) is 5.60. The molecule has 0 amide bonds. The average molecular weight is 274 g/mol. The maximum Gasteiger partial charge on any atom is 0.0370 e. The van der Waals surface area contributed by atoms with Crippen molar-refractivity contribution in [3.63, 3.8) is 0 Å². The molecule has 0 spiro atoms. The van der Waals surface area contributed by atoms with Crippen LogP contribution in [0.4, 0.5) is 0 Å². The van der Waals surface area contributed by atoms with Crippen molar-refractivity contribution in [2.75, 3.05) is 6.54 Å². The maximum atomic E-state index is 3.52. The summed E-state index contributed by atoms with van der Waals surface area (Å²) in [5, 5.41) is 0. The van der Waals surface area contributed by atoms with Crippen LogP contribution < -0.4 is 4.72 Å². The van der Waals surface area contributed by atoms with Gasteiger partial charge < -0.3 is 0 Å². The Hall–Kier alpha value is 0.01000. The van der Waals surface area contributed by atoms with Crippen LogP contribution in [0.1, 0.15) is 20.3 Å². The van der Waals surface area contributed by atoms with E-state index in [-0.39, 0.29) is 0 Å². The van der Waals surface area contributed by atoms with E-state index < -0.39 is 0 Å². The number of hydrogen-bond donors (Lipinski definition) is 1. The van der Waals surface area contributed by atoms with E-state index in [1.807, 2.05) is 6.07 Å². The Bertz CT molecular complexity index is 278. The van der Waals surface area contributed by atoms with E-state index in [0.717, 1.165) is 16.9 Å². The molecule has 1 nitrogen and oxygen atoms in total. The summed E-state index contributed by atoms with van der Waals surface area (Å²) in [7, 11) is 0. The smallest absolute Gasteiger partial charge is 0.0370 e. The molecule has 0 saturated carbocycles. The Morgan fingerprint density at radius 1 is 1.43 bits per heavy atom. The summed E-state index contributed by atoms with van der Waals surface area (Å²) in [6.45, 7) is 5.53. The third-order valence-corrected chi connectivity index (χ3v) is 3.99. The first-order valence-electron chi connectivity index (χ1n) is 4.88. The highest BCUT2D eigenvalue weighted by Gasteiger charge is 2.01. The minimum Gasteiger partial charge on any atom is -0.260 e. The number of halogens is 1. The standard InChI is InChI=1S/C11H16BrNS/c1-3-9(2)8-13-14-11-7-5-4-6-10(11)12/h4-7,9,13H,3,8H2,1-2H3. The molecule has 1 N–H and O–H groups in total. The fraction of sp³-hybridized carbons (Fsp3) is 0.455. The van der Waals surface area contributed by atoms with Gasteiger partial charge in [-0.25, -0.2) is 0 Å². The number of benzene rings is 1. The van der Waals surface area contributed by atoms with Crippen molar-refractivity contribution in [2.24, 2.45) is 5.92 Å². The molecule has 0 heterocycles. The van der Waals surface area contributed by atoms with Crippen LogP contribution >= 0.6 is 27.9 Å². The summed E-state index contributed by atoms with van der Waals surface area (Å²) in [4.78, 5) is 1.25. The van der Waals surface area contributed by atoms with Gasteiger partial charge in [-0.15, -0.1) is 0 Å². The molecule has 0 aliphatic heterocycles. The molecule has 1 rings (SSSR count). The van der Waals surface area contributed by atoms with E-state index in [0.29, 0.717) is 0 Å². The van der Waals surface area contributed by atoms with E-state index in [1.54, 1.807) is 11.9 Å². The zero-order valence-electron chi connectivity index (χ0n) is 8.59. The molecule has 1 atom stereocenters. The number of hydrogen-bond acceptors (Lipinski definition) is 2. The highest BCUT2D eigenvalue weighted by molar-refractivity contribution is 9.10. The lowest BCUT2D eigenvalue weighted by molar-refractivity contribution is 0.559. The quantitative estimate of drug-likeness (QED) is 0.811. The van der Waals surface area contributed by atoms with Gasteiger partial charge in [0.25, 0.3) is 0 Å². The molecule has 0 radical (unpaired) electrons. The van der Waals surface area contributed by atoms with Gasteiger partial charge in [0.05, 0.1) is 0 Å². The molecule has 14 heavy (non-hydrogen) atoms. The Morgan fingerprint density at radius 2 is 2.14 bits per heavy atom. The molecule has 0 aliphatic carbocycles. The molecule has 1 aromatic rings. The van der Waals surface area contributed by atoms with Crippen molar-refractivity contribution in [3.8, 4) is 0 Å². The van der Waals surface area contributed by atoms with Crippen molar-refractivity contribution < 1.29 is 0 Å². The number of rotatable bonds is 5. The zero-order valence-corrected chi connectivity index (χ0v) is 11.0. The molecule has 3 heteroatoms. The van der Waals surface area contributed by atoms with Crippen LogP contribution in [0.15, 0.2) is 33.6 Å². The van der Waals surface area contributed by atoms with Crippen LogP contribution in [0, 0.1) is 5.92 Å². The second kappa shape index (κ2) is 6.49. The highest BCUT2D eigenvalue weighted by Crippen LogP contribution is 2.24. The van der Waals surface area contributed by atoms with Crippen LogP contribution in [0.5, 0.6) is 0 Å². The molecule has 0 bridgehead atoms. The monoisotopic (exact) mass is 273 g/mol. The first-order valence-corrected chi connectivity index (χ1v) is 6.49. The molecule has 0 aliphatic rings. The van der Waals surface area contributed by atoms with Crippen LogP contribution in [0.25, 0.3) is 0 Å². The molecule has 0 saturated heterocycles. The fourth-order valence-electron chi connectivity index (χ4n) is 0.934. The molecule has 78 valence electrons. The van der Waals surface area contributed by atoms with Crippen molar-refractivity contribution >= 4 is 27.9 Å². The predicted octanol–water partition coefficient (Wildman–Crippen LogP) is 4.09. The topological polar surface area (TPSA) is 12.0 Å². The second-order valence-electron chi connectivity index (χ2n) is 3.39. The van der Waals surface area contributed by atoms with Crippen LogP contribution in [-0.2, 0) is 0 Å². The first-order chi connectivity index (χ1) is 6.74. The summed E-state index contributed by atoms with van der Waals surface area (Å²) < 4.78 is 4.53. The van der Waals surface area contributed by atoms with Gasteiger partial charge in [-0.05, 0) is 45.9 Å². The summed E-state index contributed by atoms with van der Waals surface area (Å²) in [6, 6.07) is 8.26. The fourth-order valence-corrected chi connectivity index (χ4v) is 2.30. The third-order valence-electron chi connectivity index (χ3n) is 2.15. The van der Waals surface area contributed by atoms with Gasteiger partial charge in [0.2, 0.25) is 0 Å². The molecule has 0 aromatic heterocycles. The number of nitrogens with one attached hydrogen (secondary N) is 1. The van der Waals surface area contributed by atoms with Crippen LogP contribution in [-0.4, -0.2) is 6.54 Å². The Labute approximate surface area is 98.9 Å². The minimum atomic E-state index is 0.741. The highest BCUT2D eigenvalue weighted by atomic mass is 79.9. The van der Waals surface area contributed by atoms with E-state index in [9.17, 15) is 0 Å². The summed E-state index contributed by atoms with van der Waals surface area (Å²) in [5.74, 6) is 0.741. The molecular formula is C11H16BrNS. The lowest BCUT2D eigenvalue weighted by Crippen LogP contribution is -2.13. The molecule has 1 unspecified atom stereocenters. The van der Waals surface area contributed by atoms with E-state index in [2.05, 4.69) is 52.7 Å². The van der Waals surface area contributed by atoms with E-state index in [4.69, 9.17) is 0 Å². The maximum absolute atomic E-state index is 3.52. The summed E-state index contributed by atoms with van der Waals surface area (Å²) >= 11 is 5.21. The normalized spacial score (nSPS) is 12.8. The van der Waals surface area contributed by atoms with Crippen molar-refractivity contribution in [1.82, 2.24) is 4.72 Å². The lowest BCUT2D eigenvalue weighted by Gasteiger charge is -2.09. The zero-order chi connectivity index (χ0) is 10.4. The van der Waals surface area contributed by atoms with Crippen molar-refractivity contribution in [2.45, 2.75) is 25.2 Å². The van der Waals surface area contributed by atoms with Gasteiger partial charge in [0.1, 0.15) is 0 Å². The Morgan fingerprint density at radius 3 is 2.79 bits per heavy atom. The van der Waals surface area contributed by atoms with Crippen molar-refractivity contribution in [3.05, 3.63) is 28.7 Å². The van der Waals surface area contributed by atoms with Gasteiger partial charge in [-0.1, -0.05) is 32.4 Å². The molecule has 0 fully saturated rings. The largest absolute Gasteiger partial charge is 0.260 e. The van der Waals surface area contributed by atoms with E-state index in [1.165, 1.54) is 11.3 Å². The van der Waals surface area contributed by atoms with Gasteiger partial charge in [-0.2, -0.15) is 0 Å². The Balaban J connectivity index is 2.35. The summed E-state index contributed by atoms with van der Waals surface area (Å²) in [6.07, 6.45) is 1.23. The first kappa shape index (κ1) is 12.1. The van der Waals surface area contributed by atoms with Gasteiger partial charge in [-0.3, -0.25) is 4.72 Å². The predicted molar refractivity (Wildman–Crippen MR) is 67.5 cm³/mol. The van der Waals surface area contributed by atoms with Gasteiger partial charge >= 0.3 is 0 Å². The molecular weight excluding hydrogens is 258 g/mol. The van der Waals surface area contributed by atoms with Gasteiger partial charge in [0, 0.05) is 15.9 Å². The van der Waals surface area contributed by atoms with Crippen LogP contribution in [0.3, 0.4) is 0 Å². The van der Waals surface area contributed by atoms with Crippen molar-refractivity contribution in [1.29, 1.82) is 0 Å². The molecule has 1 aromatic carbocycles. The SMILES string of the molecule is CCC(C)CNSc1ccccc1Br. The summed E-state index contributed by atoms with van der Waals surface area (Å²) in [5.41, 5.74) is 0. The lowest BCUT2D eigenvalue weighted by atomic mass is 10.1. The minimum absolute atomic E-state index is 0.741. The second-order valence-corrected chi connectivity index (χ2v) is 5.18. The third kappa shape index (κ3) is 4.03. The van der Waals surface area contributed by atoms with E-state index >= 15 is 0 Å².